The Morgan fingerprint density at radius 3 is 2.55 bits per heavy atom. The fourth-order valence-electron chi connectivity index (χ4n) is 4.11. The van der Waals surface area contributed by atoms with E-state index in [1.54, 1.807) is 19.2 Å². The summed E-state index contributed by atoms with van der Waals surface area (Å²) in [5.41, 5.74) is 2.63. The number of rotatable bonds is 5. The van der Waals surface area contributed by atoms with Crippen LogP contribution in [0.5, 0.6) is 11.5 Å². The van der Waals surface area contributed by atoms with Gasteiger partial charge in [0.1, 0.15) is 5.82 Å². The Kier molecular flexibility index (Phi) is 5.84. The summed E-state index contributed by atoms with van der Waals surface area (Å²) >= 11 is 0. The number of hydrogen-bond donors (Lipinski definition) is 1. The monoisotopic (exact) mass is 395 g/mol. The van der Waals surface area contributed by atoms with Gasteiger partial charge in [0.25, 0.3) is 0 Å². The summed E-state index contributed by atoms with van der Waals surface area (Å²) in [7, 11) is 1.65. The van der Waals surface area contributed by atoms with Gasteiger partial charge in [-0.25, -0.2) is 4.39 Å². The molecule has 2 aromatic carbocycles. The minimum absolute atomic E-state index is 0.0680. The molecule has 29 heavy (non-hydrogen) atoms. The summed E-state index contributed by atoms with van der Waals surface area (Å²) in [5.74, 6) is 1.31. The van der Waals surface area contributed by atoms with Gasteiger partial charge in [0.2, 0.25) is 5.91 Å². The lowest BCUT2D eigenvalue weighted by Gasteiger charge is -2.26. The molecular formula is C24H26FNO3. The zero-order valence-corrected chi connectivity index (χ0v) is 16.6. The molecule has 2 fully saturated rings. The summed E-state index contributed by atoms with van der Waals surface area (Å²) in [6.45, 7) is 0.578. The van der Waals surface area contributed by atoms with E-state index in [1.807, 2.05) is 18.2 Å². The fraction of sp³-hybridized carbons (Fsp3) is 0.375. The van der Waals surface area contributed by atoms with Crippen LogP contribution >= 0.6 is 0 Å². The van der Waals surface area contributed by atoms with Crippen molar-refractivity contribution in [2.24, 2.45) is 0 Å². The molecule has 2 aromatic rings. The molecule has 1 aliphatic heterocycles. The standard InChI is InChI=1S/C24H26FNO3/c1-28-22-11-8-17(14-23(22)29-21-4-2-3-5-21)19-13-18(24(27)26-15-19)12-16-6-9-20(25)10-7-16/h6-12,14,19,21H,2-5,13,15H2,1H3,(H,26,27)/t19-/m1/s1. The van der Waals surface area contributed by atoms with Gasteiger partial charge in [0.15, 0.2) is 11.5 Å². The van der Waals surface area contributed by atoms with Crippen molar-refractivity contribution in [2.75, 3.05) is 13.7 Å². The van der Waals surface area contributed by atoms with Crippen LogP contribution < -0.4 is 14.8 Å². The third-order valence-corrected chi connectivity index (χ3v) is 5.73. The Bertz CT molecular complexity index is 901. The Balaban J connectivity index is 1.55. The lowest BCUT2D eigenvalue weighted by molar-refractivity contribution is -0.118. The van der Waals surface area contributed by atoms with Crippen LogP contribution in [0.25, 0.3) is 6.08 Å². The van der Waals surface area contributed by atoms with E-state index in [0.717, 1.165) is 35.5 Å². The van der Waals surface area contributed by atoms with Gasteiger partial charge >= 0.3 is 0 Å². The predicted octanol–water partition coefficient (Wildman–Crippen LogP) is 4.84. The quantitative estimate of drug-likeness (QED) is 0.737. The van der Waals surface area contributed by atoms with Crippen molar-refractivity contribution in [1.82, 2.24) is 5.32 Å². The average molecular weight is 395 g/mol. The minimum atomic E-state index is -0.286. The summed E-state index contributed by atoms with van der Waals surface area (Å²) in [6, 6.07) is 12.2. The van der Waals surface area contributed by atoms with E-state index in [2.05, 4.69) is 11.4 Å². The summed E-state index contributed by atoms with van der Waals surface area (Å²) in [5, 5.41) is 2.98. The molecule has 0 spiro atoms. The maximum atomic E-state index is 13.1. The van der Waals surface area contributed by atoms with Gasteiger partial charge in [-0.15, -0.1) is 0 Å². The highest BCUT2D eigenvalue weighted by atomic mass is 19.1. The van der Waals surface area contributed by atoms with Crippen LogP contribution in [0, 0.1) is 5.82 Å². The second-order valence-electron chi connectivity index (χ2n) is 7.77. The van der Waals surface area contributed by atoms with E-state index in [1.165, 1.54) is 25.0 Å². The van der Waals surface area contributed by atoms with Crippen molar-refractivity contribution in [3.8, 4) is 11.5 Å². The van der Waals surface area contributed by atoms with E-state index in [0.29, 0.717) is 18.5 Å². The predicted molar refractivity (Wildman–Crippen MR) is 111 cm³/mol. The highest BCUT2D eigenvalue weighted by molar-refractivity contribution is 5.98. The highest BCUT2D eigenvalue weighted by Gasteiger charge is 2.26. The van der Waals surface area contributed by atoms with Crippen LogP contribution in [0.4, 0.5) is 4.39 Å². The number of amides is 1. The summed E-state index contributed by atoms with van der Waals surface area (Å²) < 4.78 is 24.9. The maximum Gasteiger partial charge on any atom is 0.247 e. The molecule has 1 heterocycles. The number of ether oxygens (including phenoxy) is 2. The third-order valence-electron chi connectivity index (χ3n) is 5.73. The molecule has 0 aromatic heterocycles. The molecule has 1 N–H and O–H groups in total. The Hall–Kier alpha value is -2.82. The fourth-order valence-corrected chi connectivity index (χ4v) is 4.11. The number of benzene rings is 2. The number of piperidine rings is 1. The molecule has 1 aliphatic carbocycles. The van der Waals surface area contributed by atoms with Crippen LogP contribution in [0.3, 0.4) is 0 Å². The molecule has 2 aliphatic rings. The number of methoxy groups -OCH3 is 1. The molecular weight excluding hydrogens is 369 g/mol. The Morgan fingerprint density at radius 1 is 1.07 bits per heavy atom. The third kappa shape index (κ3) is 4.61. The van der Waals surface area contributed by atoms with Crippen LogP contribution in [0.15, 0.2) is 48.0 Å². The summed E-state index contributed by atoms with van der Waals surface area (Å²) in [6.07, 6.45) is 7.28. The van der Waals surface area contributed by atoms with E-state index in [-0.39, 0.29) is 23.7 Å². The molecule has 152 valence electrons. The molecule has 4 rings (SSSR count). The van der Waals surface area contributed by atoms with Crippen molar-refractivity contribution >= 4 is 12.0 Å². The van der Waals surface area contributed by atoms with Crippen molar-refractivity contribution in [3.63, 3.8) is 0 Å². The van der Waals surface area contributed by atoms with E-state index in [4.69, 9.17) is 9.47 Å². The minimum Gasteiger partial charge on any atom is -0.493 e. The van der Waals surface area contributed by atoms with Crippen molar-refractivity contribution in [2.45, 2.75) is 44.1 Å². The van der Waals surface area contributed by atoms with Gasteiger partial charge in [-0.2, -0.15) is 0 Å². The number of hydrogen-bond acceptors (Lipinski definition) is 3. The lowest BCUT2D eigenvalue weighted by Crippen LogP contribution is -2.35. The first-order valence-corrected chi connectivity index (χ1v) is 10.2. The zero-order valence-electron chi connectivity index (χ0n) is 16.6. The number of halogens is 1. The zero-order chi connectivity index (χ0) is 20.2. The second-order valence-corrected chi connectivity index (χ2v) is 7.77. The molecule has 4 nitrogen and oxygen atoms in total. The first kappa shape index (κ1) is 19.5. The van der Waals surface area contributed by atoms with Crippen LogP contribution in [-0.4, -0.2) is 25.7 Å². The van der Waals surface area contributed by atoms with Crippen molar-refractivity contribution < 1.29 is 18.7 Å². The molecule has 0 bridgehead atoms. The number of nitrogens with one attached hydrogen (secondary N) is 1. The van der Waals surface area contributed by atoms with E-state index >= 15 is 0 Å². The first-order chi connectivity index (χ1) is 14.1. The topological polar surface area (TPSA) is 47.6 Å². The lowest BCUT2D eigenvalue weighted by atomic mass is 9.87. The molecule has 5 heteroatoms. The SMILES string of the molecule is COc1ccc([C@H]2CNC(=O)C(=Cc3ccc(F)cc3)C2)cc1OC1CCCC1. The maximum absolute atomic E-state index is 13.1. The number of carbonyl (C=O) groups is 1. The molecule has 0 unspecified atom stereocenters. The van der Waals surface area contributed by atoms with Crippen molar-refractivity contribution in [1.29, 1.82) is 0 Å². The van der Waals surface area contributed by atoms with Gasteiger partial charge in [-0.3, -0.25) is 4.79 Å². The Labute approximate surface area is 170 Å². The summed E-state index contributed by atoms with van der Waals surface area (Å²) in [4.78, 5) is 12.3. The van der Waals surface area contributed by atoms with Gasteiger partial charge in [0.05, 0.1) is 13.2 Å². The molecule has 1 atom stereocenters. The van der Waals surface area contributed by atoms with Crippen molar-refractivity contribution in [3.05, 3.63) is 65.0 Å². The van der Waals surface area contributed by atoms with Gasteiger partial charge in [0, 0.05) is 18.0 Å². The highest BCUT2D eigenvalue weighted by Crippen LogP contribution is 2.36. The molecule has 0 radical (unpaired) electrons. The van der Waals surface area contributed by atoms with Gasteiger partial charge in [-0.05, 0) is 73.6 Å². The van der Waals surface area contributed by atoms with Crippen LogP contribution in [0.1, 0.15) is 49.1 Å². The smallest absolute Gasteiger partial charge is 0.247 e. The normalized spacial score (nSPS) is 21.2. The number of carbonyl (C=O) groups excluding carboxylic acids is 1. The molecule has 1 amide bonds. The van der Waals surface area contributed by atoms with E-state index < -0.39 is 0 Å². The largest absolute Gasteiger partial charge is 0.493 e. The first-order valence-electron chi connectivity index (χ1n) is 10.2. The van der Waals surface area contributed by atoms with Crippen LogP contribution in [0.2, 0.25) is 0 Å². The second kappa shape index (κ2) is 8.68. The molecule has 1 saturated heterocycles. The molecule has 1 saturated carbocycles. The van der Waals surface area contributed by atoms with Gasteiger partial charge < -0.3 is 14.8 Å². The van der Waals surface area contributed by atoms with Gasteiger partial charge in [-0.1, -0.05) is 18.2 Å². The average Bonchev–Trinajstić information content (AvgIpc) is 3.24. The van der Waals surface area contributed by atoms with Crippen LogP contribution in [-0.2, 0) is 4.79 Å². The van der Waals surface area contributed by atoms with E-state index in [9.17, 15) is 9.18 Å². The Morgan fingerprint density at radius 2 is 1.83 bits per heavy atom.